The van der Waals surface area contributed by atoms with Crippen molar-refractivity contribution in [2.75, 3.05) is 0 Å². The lowest BCUT2D eigenvalue weighted by molar-refractivity contribution is 0.341. The lowest BCUT2D eigenvalue weighted by Gasteiger charge is -2.32. The third-order valence-corrected chi connectivity index (χ3v) is 5.89. The van der Waals surface area contributed by atoms with E-state index in [0.717, 1.165) is 30.6 Å². The van der Waals surface area contributed by atoms with Crippen LogP contribution in [0.2, 0.25) is 0 Å². The van der Waals surface area contributed by atoms with E-state index in [-0.39, 0.29) is 0 Å². The summed E-state index contributed by atoms with van der Waals surface area (Å²) in [5.74, 6) is 2.74. The topological polar surface area (TPSA) is 0 Å². The van der Waals surface area contributed by atoms with Gasteiger partial charge in [-0.3, -0.25) is 0 Å². The summed E-state index contributed by atoms with van der Waals surface area (Å²) in [4.78, 5) is 0. The van der Waals surface area contributed by atoms with E-state index in [0.29, 0.717) is 0 Å². The number of allylic oxidation sites excluding steroid dienone is 4. The fourth-order valence-electron chi connectivity index (χ4n) is 3.54. The van der Waals surface area contributed by atoms with Gasteiger partial charge in [-0.25, -0.2) is 0 Å². The fraction of sp³-hybridized carbons (Fsp3) is 0.708. The molecule has 2 aliphatic carbocycles. The molecule has 24 heavy (non-hydrogen) atoms. The van der Waals surface area contributed by atoms with Crippen LogP contribution in [0.3, 0.4) is 0 Å². The highest BCUT2D eigenvalue weighted by Gasteiger charge is 2.24. The molecule has 0 radical (unpaired) electrons. The summed E-state index contributed by atoms with van der Waals surface area (Å²) < 4.78 is 0. The van der Waals surface area contributed by atoms with Gasteiger partial charge in [-0.15, -0.1) is 12.3 Å². The fourth-order valence-corrected chi connectivity index (χ4v) is 3.54. The minimum absolute atomic E-state index is 0.881. The molecule has 0 amide bonds. The number of hydrogen-bond donors (Lipinski definition) is 0. The summed E-state index contributed by atoms with van der Waals surface area (Å²) in [6.45, 7) is 8.56. The van der Waals surface area contributed by atoms with Crippen LogP contribution in [-0.4, -0.2) is 0 Å². The number of rotatable bonds is 12. The molecule has 0 aromatic rings. The Morgan fingerprint density at radius 1 is 1.29 bits per heavy atom. The molecule has 0 heterocycles. The minimum atomic E-state index is 0.881. The zero-order valence-corrected chi connectivity index (χ0v) is 16.2. The van der Waals surface area contributed by atoms with E-state index < -0.39 is 0 Å². The maximum absolute atomic E-state index is 3.83. The molecule has 0 bridgehead atoms. The summed E-state index contributed by atoms with van der Waals surface area (Å²) >= 11 is 0. The Morgan fingerprint density at radius 3 is 2.75 bits per heavy atom. The predicted molar refractivity (Wildman–Crippen MR) is 107 cm³/mol. The van der Waals surface area contributed by atoms with Crippen molar-refractivity contribution in [3.8, 4) is 0 Å². The molecule has 2 saturated carbocycles. The lowest BCUT2D eigenvalue weighted by atomic mass is 9.73. The first-order valence-electron chi connectivity index (χ1n) is 10.5. The Bertz CT molecular complexity index is 468. The van der Waals surface area contributed by atoms with E-state index in [4.69, 9.17) is 0 Å². The van der Waals surface area contributed by atoms with Gasteiger partial charge in [0, 0.05) is 0 Å². The molecule has 0 N–H and O–H groups in total. The summed E-state index contributed by atoms with van der Waals surface area (Å²) in [6.07, 6.45) is 22.6. The Labute approximate surface area is 150 Å². The molecular formula is C24H38. The third-order valence-electron chi connectivity index (χ3n) is 5.89. The van der Waals surface area contributed by atoms with Crippen molar-refractivity contribution in [1.29, 1.82) is 0 Å². The summed E-state index contributed by atoms with van der Waals surface area (Å²) in [6, 6.07) is 0. The smallest absolute Gasteiger partial charge is 0.00598 e. The van der Waals surface area contributed by atoms with Gasteiger partial charge in [0.05, 0.1) is 0 Å². The van der Waals surface area contributed by atoms with Gasteiger partial charge in [-0.1, -0.05) is 38.0 Å². The Morgan fingerprint density at radius 2 is 2.12 bits per heavy atom. The van der Waals surface area contributed by atoms with Crippen LogP contribution in [0.1, 0.15) is 90.9 Å². The second kappa shape index (κ2) is 10.8. The highest BCUT2D eigenvalue weighted by Crippen LogP contribution is 2.39. The zero-order chi connectivity index (χ0) is 17.2. The molecule has 0 aromatic heterocycles. The average molecular weight is 327 g/mol. The molecule has 0 spiro atoms. The van der Waals surface area contributed by atoms with Crippen molar-refractivity contribution < 1.29 is 0 Å². The first-order valence-corrected chi connectivity index (χ1v) is 10.5. The Hall–Kier alpha value is -1.00. The SMILES string of the molecule is C=CCCCCC(=C=CCC1CC1)CC=C1CCC1CC(C)CC. The molecule has 0 heteroatoms. The van der Waals surface area contributed by atoms with Crippen LogP contribution in [-0.2, 0) is 0 Å². The van der Waals surface area contributed by atoms with Crippen LogP contribution in [0.5, 0.6) is 0 Å². The zero-order valence-electron chi connectivity index (χ0n) is 16.2. The van der Waals surface area contributed by atoms with Gasteiger partial charge in [0.25, 0.3) is 0 Å². The van der Waals surface area contributed by atoms with Gasteiger partial charge in [-0.05, 0) is 100 Å². The van der Waals surface area contributed by atoms with Crippen LogP contribution in [0.25, 0.3) is 0 Å². The molecular weight excluding hydrogens is 288 g/mol. The van der Waals surface area contributed by atoms with Crippen molar-refractivity contribution in [1.82, 2.24) is 0 Å². The van der Waals surface area contributed by atoms with Crippen molar-refractivity contribution >= 4 is 0 Å². The maximum atomic E-state index is 3.83. The van der Waals surface area contributed by atoms with Gasteiger partial charge in [0.1, 0.15) is 0 Å². The van der Waals surface area contributed by atoms with Gasteiger partial charge in [-0.2, -0.15) is 0 Å². The van der Waals surface area contributed by atoms with Gasteiger partial charge >= 0.3 is 0 Å². The third kappa shape index (κ3) is 7.27. The Kier molecular flexibility index (Phi) is 8.68. The summed E-state index contributed by atoms with van der Waals surface area (Å²) in [5.41, 5.74) is 6.93. The molecule has 134 valence electrons. The van der Waals surface area contributed by atoms with Crippen LogP contribution in [0.15, 0.2) is 41.7 Å². The van der Waals surface area contributed by atoms with E-state index in [1.165, 1.54) is 69.8 Å². The van der Waals surface area contributed by atoms with Crippen molar-refractivity contribution in [3.63, 3.8) is 0 Å². The normalized spacial score (nSPS) is 22.6. The molecule has 2 fully saturated rings. The molecule has 0 aromatic carbocycles. The van der Waals surface area contributed by atoms with Crippen LogP contribution in [0, 0.1) is 17.8 Å². The van der Waals surface area contributed by atoms with Crippen molar-refractivity contribution in [2.45, 2.75) is 90.9 Å². The van der Waals surface area contributed by atoms with Crippen LogP contribution in [0.4, 0.5) is 0 Å². The highest BCUT2D eigenvalue weighted by atomic mass is 14.3. The number of hydrogen-bond acceptors (Lipinski definition) is 0. The van der Waals surface area contributed by atoms with Gasteiger partial charge in [0.15, 0.2) is 0 Å². The van der Waals surface area contributed by atoms with Gasteiger partial charge in [0.2, 0.25) is 0 Å². The first-order chi connectivity index (χ1) is 11.7. The average Bonchev–Trinajstić information content (AvgIpc) is 3.39. The molecule has 0 saturated heterocycles. The second-order valence-corrected chi connectivity index (χ2v) is 8.13. The lowest BCUT2D eigenvalue weighted by Crippen LogP contribution is -2.18. The highest BCUT2D eigenvalue weighted by molar-refractivity contribution is 5.19. The van der Waals surface area contributed by atoms with Crippen molar-refractivity contribution in [3.05, 3.63) is 41.7 Å². The van der Waals surface area contributed by atoms with E-state index in [2.05, 4.69) is 38.3 Å². The number of unbranched alkanes of at least 4 members (excludes halogenated alkanes) is 2. The van der Waals surface area contributed by atoms with Crippen LogP contribution < -0.4 is 0 Å². The molecule has 2 rings (SSSR count). The minimum Gasteiger partial charge on any atom is -0.126 e. The monoisotopic (exact) mass is 326 g/mol. The molecule has 0 aliphatic heterocycles. The maximum Gasteiger partial charge on any atom is -0.00598 e. The van der Waals surface area contributed by atoms with E-state index in [1.54, 1.807) is 5.57 Å². The van der Waals surface area contributed by atoms with E-state index in [1.807, 2.05) is 6.08 Å². The van der Waals surface area contributed by atoms with E-state index >= 15 is 0 Å². The first kappa shape index (κ1) is 19.3. The molecule has 2 atom stereocenters. The summed E-state index contributed by atoms with van der Waals surface area (Å²) in [7, 11) is 0. The quantitative estimate of drug-likeness (QED) is 0.195. The van der Waals surface area contributed by atoms with E-state index in [9.17, 15) is 0 Å². The van der Waals surface area contributed by atoms with Crippen molar-refractivity contribution in [2.24, 2.45) is 17.8 Å². The second-order valence-electron chi connectivity index (χ2n) is 8.13. The van der Waals surface area contributed by atoms with Crippen LogP contribution >= 0.6 is 0 Å². The molecule has 2 aliphatic rings. The Balaban J connectivity index is 1.85. The standard InChI is InChI=1S/C24H38/c1-4-6-7-8-10-21(11-9-12-22-13-14-22)15-16-23-17-18-24(23)19-20(3)5-2/h4,9,16,20,22,24H,1,5-8,10,12-15,17-19H2,2-3H3. The largest absolute Gasteiger partial charge is 0.126 e. The molecule has 0 nitrogen and oxygen atoms in total. The molecule has 2 unspecified atom stereocenters. The van der Waals surface area contributed by atoms with Gasteiger partial charge < -0.3 is 0 Å². The summed E-state index contributed by atoms with van der Waals surface area (Å²) in [5, 5.41) is 0. The predicted octanol–water partition coefficient (Wildman–Crippen LogP) is 7.78.